The zero-order valence-electron chi connectivity index (χ0n) is 9.70. The highest BCUT2D eigenvalue weighted by Crippen LogP contribution is 2.37. The van der Waals surface area contributed by atoms with Crippen LogP contribution in [0.25, 0.3) is 0 Å². The minimum Gasteiger partial charge on any atom is -0.497 e. The van der Waals surface area contributed by atoms with Gasteiger partial charge in [-0.25, -0.2) is 0 Å². The molecule has 0 aromatic heterocycles. The first-order valence-corrected chi connectivity index (χ1v) is 5.95. The highest BCUT2D eigenvalue weighted by atomic mass is 16.5. The van der Waals surface area contributed by atoms with E-state index in [4.69, 9.17) is 4.74 Å². The Hall–Kier alpha value is -0.980. The molecule has 0 aliphatic heterocycles. The average Bonchev–Trinajstić information content (AvgIpc) is 2.81. The summed E-state index contributed by atoms with van der Waals surface area (Å²) in [5, 5.41) is 0. The van der Waals surface area contributed by atoms with Gasteiger partial charge in [-0.2, -0.15) is 0 Å². The molecule has 82 valence electrons. The predicted octanol–water partition coefficient (Wildman–Crippen LogP) is 3.99. The summed E-state index contributed by atoms with van der Waals surface area (Å²) in [6.45, 7) is 2.35. The lowest BCUT2D eigenvalue weighted by Gasteiger charge is -2.19. The molecule has 1 aromatic rings. The standard InChI is InChI=1S/C14H20O/c1-11(12-6-3-4-7-12)13-8-5-9-14(10-13)15-2/h5,8-12H,3-4,6-7H2,1-2H3. The fourth-order valence-corrected chi connectivity index (χ4v) is 2.65. The lowest BCUT2D eigenvalue weighted by Crippen LogP contribution is -2.05. The summed E-state index contributed by atoms with van der Waals surface area (Å²) in [5.74, 6) is 2.55. The van der Waals surface area contributed by atoms with Gasteiger partial charge in [0.2, 0.25) is 0 Å². The van der Waals surface area contributed by atoms with Gasteiger partial charge in [0.25, 0.3) is 0 Å². The highest BCUT2D eigenvalue weighted by Gasteiger charge is 2.22. The van der Waals surface area contributed by atoms with E-state index in [1.807, 2.05) is 6.07 Å². The van der Waals surface area contributed by atoms with Gasteiger partial charge in [-0.15, -0.1) is 0 Å². The Morgan fingerprint density at radius 2 is 2.00 bits per heavy atom. The SMILES string of the molecule is COc1cccc(C(C)C2CCCC2)c1. The average molecular weight is 204 g/mol. The summed E-state index contributed by atoms with van der Waals surface area (Å²) in [6, 6.07) is 8.53. The van der Waals surface area contributed by atoms with Crippen LogP contribution in [-0.4, -0.2) is 7.11 Å². The van der Waals surface area contributed by atoms with Crippen molar-refractivity contribution < 1.29 is 4.74 Å². The first-order valence-electron chi connectivity index (χ1n) is 5.95. The van der Waals surface area contributed by atoms with Crippen molar-refractivity contribution in [1.29, 1.82) is 0 Å². The molecule has 1 saturated carbocycles. The number of hydrogen-bond donors (Lipinski definition) is 0. The minimum atomic E-state index is 0.683. The summed E-state index contributed by atoms with van der Waals surface area (Å²) in [5.41, 5.74) is 1.43. The summed E-state index contributed by atoms with van der Waals surface area (Å²) in [4.78, 5) is 0. The zero-order valence-corrected chi connectivity index (χ0v) is 9.70. The van der Waals surface area contributed by atoms with E-state index in [1.54, 1.807) is 7.11 Å². The van der Waals surface area contributed by atoms with Crippen LogP contribution in [-0.2, 0) is 0 Å². The minimum absolute atomic E-state index is 0.683. The summed E-state index contributed by atoms with van der Waals surface area (Å²) < 4.78 is 5.27. The third-order valence-corrected chi connectivity index (χ3v) is 3.73. The maximum absolute atomic E-state index is 5.27. The molecule has 0 N–H and O–H groups in total. The first-order chi connectivity index (χ1) is 7.31. The fourth-order valence-electron chi connectivity index (χ4n) is 2.65. The topological polar surface area (TPSA) is 9.23 Å². The quantitative estimate of drug-likeness (QED) is 0.723. The molecular weight excluding hydrogens is 184 g/mol. The van der Waals surface area contributed by atoms with Crippen molar-refractivity contribution >= 4 is 0 Å². The molecule has 1 aromatic carbocycles. The summed E-state index contributed by atoms with van der Waals surface area (Å²) >= 11 is 0. The van der Waals surface area contributed by atoms with Gasteiger partial charge in [0.05, 0.1) is 7.11 Å². The molecular formula is C14H20O. The predicted molar refractivity (Wildman–Crippen MR) is 63.4 cm³/mol. The Balaban J connectivity index is 2.13. The van der Waals surface area contributed by atoms with Crippen LogP contribution in [0.5, 0.6) is 5.75 Å². The lowest BCUT2D eigenvalue weighted by molar-refractivity contribution is 0.411. The van der Waals surface area contributed by atoms with Gasteiger partial charge in [-0.3, -0.25) is 0 Å². The van der Waals surface area contributed by atoms with E-state index in [9.17, 15) is 0 Å². The van der Waals surface area contributed by atoms with Crippen LogP contribution >= 0.6 is 0 Å². The molecule has 0 saturated heterocycles. The van der Waals surface area contributed by atoms with Crippen molar-refractivity contribution in [3.05, 3.63) is 29.8 Å². The van der Waals surface area contributed by atoms with Crippen molar-refractivity contribution in [1.82, 2.24) is 0 Å². The van der Waals surface area contributed by atoms with Crippen molar-refractivity contribution in [2.75, 3.05) is 7.11 Å². The molecule has 15 heavy (non-hydrogen) atoms. The molecule has 1 aliphatic rings. The summed E-state index contributed by atoms with van der Waals surface area (Å²) in [6.07, 6.45) is 5.63. The van der Waals surface area contributed by atoms with E-state index in [2.05, 4.69) is 25.1 Å². The van der Waals surface area contributed by atoms with Gasteiger partial charge < -0.3 is 4.74 Å². The molecule has 0 spiro atoms. The number of rotatable bonds is 3. The highest BCUT2D eigenvalue weighted by molar-refractivity contribution is 5.30. The van der Waals surface area contributed by atoms with E-state index >= 15 is 0 Å². The molecule has 1 nitrogen and oxygen atoms in total. The molecule has 1 unspecified atom stereocenters. The van der Waals surface area contributed by atoms with Crippen LogP contribution in [0.15, 0.2) is 24.3 Å². The van der Waals surface area contributed by atoms with Crippen molar-refractivity contribution in [2.45, 2.75) is 38.5 Å². The lowest BCUT2D eigenvalue weighted by atomic mass is 9.86. The molecule has 0 amide bonds. The van der Waals surface area contributed by atoms with Gasteiger partial charge in [0, 0.05) is 0 Å². The van der Waals surface area contributed by atoms with Crippen LogP contribution in [0.1, 0.15) is 44.1 Å². The number of benzene rings is 1. The smallest absolute Gasteiger partial charge is 0.119 e. The molecule has 1 atom stereocenters. The van der Waals surface area contributed by atoms with E-state index in [1.165, 1.54) is 31.2 Å². The van der Waals surface area contributed by atoms with Crippen LogP contribution in [0.4, 0.5) is 0 Å². The largest absolute Gasteiger partial charge is 0.497 e. The monoisotopic (exact) mass is 204 g/mol. The van der Waals surface area contributed by atoms with Crippen LogP contribution in [0, 0.1) is 5.92 Å². The molecule has 0 bridgehead atoms. The Morgan fingerprint density at radius 3 is 2.67 bits per heavy atom. The Labute approximate surface area is 92.5 Å². The van der Waals surface area contributed by atoms with E-state index < -0.39 is 0 Å². The first kappa shape index (κ1) is 10.5. The van der Waals surface area contributed by atoms with Gasteiger partial charge >= 0.3 is 0 Å². The second kappa shape index (κ2) is 4.69. The van der Waals surface area contributed by atoms with E-state index in [-0.39, 0.29) is 0 Å². The van der Waals surface area contributed by atoms with Crippen LogP contribution in [0.3, 0.4) is 0 Å². The van der Waals surface area contributed by atoms with E-state index in [0.717, 1.165) is 11.7 Å². The van der Waals surface area contributed by atoms with Gasteiger partial charge in [-0.05, 0) is 42.4 Å². The number of hydrogen-bond acceptors (Lipinski definition) is 1. The van der Waals surface area contributed by atoms with E-state index in [0.29, 0.717) is 5.92 Å². The van der Waals surface area contributed by atoms with Crippen LogP contribution in [0.2, 0.25) is 0 Å². The van der Waals surface area contributed by atoms with Gasteiger partial charge in [0.1, 0.15) is 5.75 Å². The fraction of sp³-hybridized carbons (Fsp3) is 0.571. The molecule has 0 radical (unpaired) electrons. The summed E-state index contributed by atoms with van der Waals surface area (Å²) in [7, 11) is 1.74. The van der Waals surface area contributed by atoms with Gasteiger partial charge in [-0.1, -0.05) is 31.9 Å². The van der Waals surface area contributed by atoms with Crippen LogP contribution < -0.4 is 4.74 Å². The van der Waals surface area contributed by atoms with Gasteiger partial charge in [0.15, 0.2) is 0 Å². The van der Waals surface area contributed by atoms with Crippen molar-refractivity contribution in [3.8, 4) is 5.75 Å². The molecule has 1 fully saturated rings. The maximum atomic E-state index is 5.27. The number of methoxy groups -OCH3 is 1. The van der Waals surface area contributed by atoms with Crippen molar-refractivity contribution in [3.63, 3.8) is 0 Å². The molecule has 1 aliphatic carbocycles. The zero-order chi connectivity index (χ0) is 10.7. The maximum Gasteiger partial charge on any atom is 0.119 e. The Kier molecular flexibility index (Phi) is 3.30. The molecule has 0 heterocycles. The second-order valence-corrected chi connectivity index (χ2v) is 4.61. The number of ether oxygens (including phenoxy) is 1. The second-order valence-electron chi connectivity index (χ2n) is 4.61. The molecule has 2 rings (SSSR count). The molecule has 1 heteroatoms. The Morgan fingerprint density at radius 1 is 1.27 bits per heavy atom. The third-order valence-electron chi connectivity index (χ3n) is 3.73. The Bertz CT molecular complexity index is 313. The van der Waals surface area contributed by atoms with Crippen molar-refractivity contribution in [2.24, 2.45) is 5.92 Å². The third kappa shape index (κ3) is 2.34. The normalized spacial score (nSPS) is 19.1.